The summed E-state index contributed by atoms with van der Waals surface area (Å²) in [4.78, 5) is 52.5. The Labute approximate surface area is 199 Å². The van der Waals surface area contributed by atoms with E-state index in [1.807, 2.05) is 6.92 Å². The molecule has 2 saturated heterocycles. The van der Waals surface area contributed by atoms with E-state index in [1.54, 1.807) is 31.2 Å². The van der Waals surface area contributed by atoms with Gasteiger partial charge in [0.15, 0.2) is 0 Å². The first kappa shape index (κ1) is 23.8. The van der Waals surface area contributed by atoms with E-state index in [0.717, 1.165) is 43.3 Å². The number of imide groups is 1. The van der Waals surface area contributed by atoms with Gasteiger partial charge in [-0.1, -0.05) is 13.3 Å². The molecule has 0 aliphatic carbocycles. The highest BCUT2D eigenvalue weighted by molar-refractivity contribution is 6.22. The fraction of sp³-hybridized carbons (Fsp3) is 0.480. The molecule has 0 spiro atoms. The van der Waals surface area contributed by atoms with Crippen molar-refractivity contribution >= 4 is 29.3 Å². The number of carbonyl (C=O) groups excluding carboxylic acids is 3. The normalized spacial score (nSPS) is 19.1. The first-order valence-corrected chi connectivity index (χ1v) is 11.9. The Kier molecular flexibility index (Phi) is 7.21. The van der Waals surface area contributed by atoms with Gasteiger partial charge < -0.3 is 9.64 Å². The van der Waals surface area contributed by atoms with Crippen molar-refractivity contribution in [3.05, 3.63) is 47.4 Å². The summed E-state index contributed by atoms with van der Waals surface area (Å²) in [6.07, 6.45) is 2.11. The molecule has 2 aliphatic heterocycles. The van der Waals surface area contributed by atoms with Gasteiger partial charge in [-0.15, -0.1) is 0 Å². The van der Waals surface area contributed by atoms with Gasteiger partial charge in [0.2, 0.25) is 5.91 Å². The lowest BCUT2D eigenvalue weighted by atomic mass is 10.1. The second-order valence-corrected chi connectivity index (χ2v) is 8.59. The Balaban J connectivity index is 1.40. The van der Waals surface area contributed by atoms with Crippen LogP contribution >= 0.6 is 0 Å². The number of aromatic nitrogens is 2. The van der Waals surface area contributed by atoms with Gasteiger partial charge in [-0.2, -0.15) is 0 Å². The molecule has 2 aliphatic rings. The van der Waals surface area contributed by atoms with Crippen molar-refractivity contribution in [3.63, 3.8) is 0 Å². The lowest BCUT2D eigenvalue weighted by Gasteiger charge is -2.37. The van der Waals surface area contributed by atoms with Crippen molar-refractivity contribution in [2.45, 2.75) is 46.1 Å². The van der Waals surface area contributed by atoms with Crippen molar-refractivity contribution < 1.29 is 19.1 Å². The number of rotatable bonds is 7. The maximum Gasteiger partial charge on any atom is 0.338 e. The van der Waals surface area contributed by atoms with Crippen molar-refractivity contribution in [1.29, 1.82) is 0 Å². The second kappa shape index (κ2) is 10.3. The largest absolute Gasteiger partial charge is 0.462 e. The average Bonchev–Trinajstić information content (AvgIpc) is 3.13. The van der Waals surface area contributed by atoms with Crippen molar-refractivity contribution in [2.75, 3.05) is 42.6 Å². The zero-order chi connectivity index (χ0) is 24.2. The maximum atomic E-state index is 13.2. The van der Waals surface area contributed by atoms with E-state index in [2.05, 4.69) is 32.8 Å². The van der Waals surface area contributed by atoms with E-state index in [-0.39, 0.29) is 24.8 Å². The first-order valence-electron chi connectivity index (χ1n) is 11.9. The summed E-state index contributed by atoms with van der Waals surface area (Å²) < 4.78 is 4.99. The lowest BCUT2D eigenvalue weighted by Crippen LogP contribution is -2.52. The molecule has 0 unspecified atom stereocenters. The van der Waals surface area contributed by atoms with Crippen LogP contribution in [0.3, 0.4) is 0 Å². The highest BCUT2D eigenvalue weighted by Crippen LogP contribution is 2.27. The summed E-state index contributed by atoms with van der Waals surface area (Å²) >= 11 is 0. The highest BCUT2D eigenvalue weighted by Gasteiger charge is 2.43. The number of carbonyl (C=O) groups is 3. The van der Waals surface area contributed by atoms with Crippen LogP contribution in [-0.4, -0.2) is 71.5 Å². The third-order valence-electron chi connectivity index (χ3n) is 6.22. The smallest absolute Gasteiger partial charge is 0.338 e. The van der Waals surface area contributed by atoms with Crippen LogP contribution in [0, 0.1) is 6.92 Å². The summed E-state index contributed by atoms with van der Waals surface area (Å²) in [6, 6.07) is 7.98. The van der Waals surface area contributed by atoms with Crippen LogP contribution in [0.5, 0.6) is 0 Å². The molecular weight excluding hydrogens is 434 g/mol. The Hall–Kier alpha value is -3.33. The summed E-state index contributed by atoms with van der Waals surface area (Å²) in [5.74, 6) is 0.823. The summed E-state index contributed by atoms with van der Waals surface area (Å²) in [6.45, 7) is 8.88. The Morgan fingerprint density at radius 1 is 1.06 bits per heavy atom. The molecule has 9 heteroatoms. The topological polar surface area (TPSA) is 95.9 Å². The lowest BCUT2D eigenvalue weighted by molar-refractivity contribution is -0.123. The van der Waals surface area contributed by atoms with Gasteiger partial charge in [0.25, 0.3) is 5.91 Å². The van der Waals surface area contributed by atoms with Gasteiger partial charge in [-0.05, 0) is 44.5 Å². The molecule has 3 heterocycles. The van der Waals surface area contributed by atoms with Crippen LogP contribution in [0.4, 0.5) is 11.5 Å². The van der Waals surface area contributed by atoms with Crippen LogP contribution < -0.4 is 9.80 Å². The molecule has 180 valence electrons. The van der Waals surface area contributed by atoms with Crippen LogP contribution in [-0.2, 0) is 20.7 Å². The molecule has 2 aromatic rings. The van der Waals surface area contributed by atoms with Crippen molar-refractivity contribution in [1.82, 2.24) is 14.9 Å². The molecule has 2 fully saturated rings. The van der Waals surface area contributed by atoms with Gasteiger partial charge in [0, 0.05) is 37.9 Å². The molecule has 0 saturated carbocycles. The van der Waals surface area contributed by atoms with Gasteiger partial charge in [-0.25, -0.2) is 19.7 Å². The first-order chi connectivity index (χ1) is 16.4. The monoisotopic (exact) mass is 465 g/mol. The Morgan fingerprint density at radius 3 is 2.41 bits per heavy atom. The van der Waals surface area contributed by atoms with Crippen molar-refractivity contribution in [3.8, 4) is 0 Å². The van der Waals surface area contributed by atoms with Gasteiger partial charge in [-0.3, -0.25) is 14.5 Å². The number of nitrogens with zero attached hydrogens (tertiary/aromatic N) is 5. The fourth-order valence-corrected chi connectivity index (χ4v) is 4.55. The van der Waals surface area contributed by atoms with E-state index in [4.69, 9.17) is 4.74 Å². The third kappa shape index (κ3) is 4.94. The number of esters is 1. The molecule has 4 rings (SSSR count). The molecule has 9 nitrogen and oxygen atoms in total. The number of aryl methyl sites for hydroxylation is 2. The van der Waals surface area contributed by atoms with E-state index >= 15 is 0 Å². The average molecular weight is 466 g/mol. The van der Waals surface area contributed by atoms with E-state index in [1.165, 1.54) is 4.90 Å². The Bertz CT molecular complexity index is 1060. The Morgan fingerprint density at radius 2 is 1.76 bits per heavy atom. The number of amides is 2. The number of hydrogen-bond acceptors (Lipinski definition) is 8. The predicted octanol–water partition coefficient (Wildman–Crippen LogP) is 2.37. The molecular formula is C25H31N5O4. The predicted molar refractivity (Wildman–Crippen MR) is 128 cm³/mol. The van der Waals surface area contributed by atoms with E-state index in [9.17, 15) is 14.4 Å². The summed E-state index contributed by atoms with van der Waals surface area (Å²) in [7, 11) is 0. The molecule has 1 aromatic carbocycles. The molecule has 1 atom stereocenters. The van der Waals surface area contributed by atoms with E-state index < -0.39 is 12.0 Å². The molecule has 0 radical (unpaired) electrons. The van der Waals surface area contributed by atoms with Gasteiger partial charge in [0.05, 0.1) is 30.3 Å². The van der Waals surface area contributed by atoms with Gasteiger partial charge >= 0.3 is 5.97 Å². The number of anilines is 2. The van der Waals surface area contributed by atoms with Gasteiger partial charge in [0.1, 0.15) is 11.6 Å². The highest BCUT2D eigenvalue weighted by atomic mass is 16.5. The standard InChI is InChI=1S/C25H31N5O4/c1-4-6-19-15-22(27-17(3)26-19)29-13-11-28(12-14-29)21-16-23(31)30(24(21)32)20-9-7-18(8-10-20)25(33)34-5-2/h7-10,15,21H,4-6,11-14,16H2,1-3H3/t21-/m1/s1. The number of ether oxygens (including phenoxy) is 1. The zero-order valence-electron chi connectivity index (χ0n) is 20.0. The number of hydrogen-bond donors (Lipinski definition) is 0. The number of piperazine rings is 1. The van der Waals surface area contributed by atoms with Crippen LogP contribution in [0.2, 0.25) is 0 Å². The van der Waals surface area contributed by atoms with Crippen molar-refractivity contribution in [2.24, 2.45) is 0 Å². The van der Waals surface area contributed by atoms with E-state index in [0.29, 0.717) is 24.3 Å². The third-order valence-corrected chi connectivity index (χ3v) is 6.22. The van der Waals surface area contributed by atoms with Crippen LogP contribution in [0.25, 0.3) is 0 Å². The molecule has 2 amide bonds. The minimum absolute atomic E-state index is 0.158. The fourth-order valence-electron chi connectivity index (χ4n) is 4.55. The number of benzene rings is 1. The minimum Gasteiger partial charge on any atom is -0.462 e. The quantitative estimate of drug-likeness (QED) is 0.454. The van der Waals surface area contributed by atoms with Crippen LogP contribution in [0.15, 0.2) is 30.3 Å². The zero-order valence-corrected chi connectivity index (χ0v) is 20.0. The summed E-state index contributed by atoms with van der Waals surface area (Å²) in [5.41, 5.74) is 1.91. The molecule has 0 bridgehead atoms. The second-order valence-electron chi connectivity index (χ2n) is 8.59. The summed E-state index contributed by atoms with van der Waals surface area (Å²) in [5, 5.41) is 0. The SMILES string of the molecule is CCCc1cc(N2CCN([C@@H]3CC(=O)N(c4ccc(C(=O)OCC)cc4)C3=O)CC2)nc(C)n1. The maximum absolute atomic E-state index is 13.2. The molecule has 0 N–H and O–H groups in total. The minimum atomic E-state index is -0.470. The molecule has 34 heavy (non-hydrogen) atoms. The molecule has 1 aromatic heterocycles. The van der Waals surface area contributed by atoms with Crippen LogP contribution in [0.1, 0.15) is 48.6 Å².